The molecule has 0 aliphatic carbocycles. The molecule has 0 fully saturated rings. The molecule has 0 aliphatic heterocycles. The summed E-state index contributed by atoms with van der Waals surface area (Å²) in [5.41, 5.74) is 1.47. The fourth-order valence-corrected chi connectivity index (χ4v) is 2.31. The standard InChI is InChI=1S/C20H34FN3O3/c1-4-6-10-26-12-13-27-11-9-23-20(22-5-2)24-15-17-7-8-19(21)18(14-17)16-25-3/h7-8,14H,4-6,9-13,15-16H2,1-3H3,(H2,22,23,24). The second-order valence-corrected chi connectivity index (χ2v) is 6.06. The Morgan fingerprint density at radius 3 is 2.56 bits per heavy atom. The first kappa shape index (κ1) is 23.3. The van der Waals surface area contributed by atoms with Gasteiger partial charge in [-0.1, -0.05) is 19.4 Å². The number of hydrogen-bond acceptors (Lipinski definition) is 4. The molecule has 7 heteroatoms. The summed E-state index contributed by atoms with van der Waals surface area (Å²) in [4.78, 5) is 4.53. The number of hydrogen-bond donors (Lipinski definition) is 2. The zero-order valence-corrected chi connectivity index (χ0v) is 16.9. The van der Waals surface area contributed by atoms with Gasteiger partial charge in [-0.05, 0) is 31.0 Å². The lowest BCUT2D eigenvalue weighted by molar-refractivity contribution is 0.0487. The van der Waals surface area contributed by atoms with Gasteiger partial charge in [-0.2, -0.15) is 0 Å². The van der Waals surface area contributed by atoms with E-state index >= 15 is 0 Å². The quantitative estimate of drug-likeness (QED) is 0.294. The Balaban J connectivity index is 2.34. The summed E-state index contributed by atoms with van der Waals surface area (Å²) in [6.07, 6.45) is 2.23. The highest BCUT2D eigenvalue weighted by molar-refractivity contribution is 5.79. The number of aliphatic imine (C=N–C) groups is 1. The molecule has 0 aromatic heterocycles. The van der Waals surface area contributed by atoms with Crippen molar-refractivity contribution in [2.45, 2.75) is 39.8 Å². The highest BCUT2D eigenvalue weighted by Gasteiger charge is 2.04. The lowest BCUT2D eigenvalue weighted by Gasteiger charge is -2.12. The molecular weight excluding hydrogens is 349 g/mol. The minimum absolute atomic E-state index is 0.251. The first-order chi connectivity index (χ1) is 13.2. The third kappa shape index (κ3) is 10.9. The van der Waals surface area contributed by atoms with Crippen LogP contribution >= 0.6 is 0 Å². The summed E-state index contributed by atoms with van der Waals surface area (Å²) >= 11 is 0. The van der Waals surface area contributed by atoms with Crippen LogP contribution in [0, 0.1) is 5.82 Å². The van der Waals surface area contributed by atoms with Crippen molar-refractivity contribution >= 4 is 5.96 Å². The van der Waals surface area contributed by atoms with E-state index in [1.165, 1.54) is 6.07 Å². The van der Waals surface area contributed by atoms with E-state index in [2.05, 4.69) is 22.5 Å². The van der Waals surface area contributed by atoms with Gasteiger partial charge >= 0.3 is 0 Å². The Bertz CT molecular complexity index is 541. The number of ether oxygens (including phenoxy) is 3. The van der Waals surface area contributed by atoms with Gasteiger partial charge in [0.2, 0.25) is 0 Å². The molecule has 2 N–H and O–H groups in total. The molecule has 1 aromatic rings. The first-order valence-electron chi connectivity index (χ1n) is 9.65. The molecule has 0 saturated carbocycles. The van der Waals surface area contributed by atoms with Crippen molar-refractivity contribution in [3.05, 3.63) is 35.1 Å². The number of nitrogens with zero attached hydrogens (tertiary/aromatic N) is 1. The summed E-state index contributed by atoms with van der Waals surface area (Å²) in [6.45, 7) is 8.87. The van der Waals surface area contributed by atoms with Crippen molar-refractivity contribution in [2.75, 3.05) is 46.6 Å². The third-order valence-electron chi connectivity index (χ3n) is 3.73. The number of rotatable bonds is 14. The van der Waals surface area contributed by atoms with Gasteiger partial charge in [-0.15, -0.1) is 0 Å². The van der Waals surface area contributed by atoms with Crippen LogP contribution in [0.4, 0.5) is 4.39 Å². The van der Waals surface area contributed by atoms with Gasteiger partial charge in [0.25, 0.3) is 0 Å². The molecule has 0 aliphatic rings. The fraction of sp³-hybridized carbons (Fsp3) is 0.650. The normalized spacial score (nSPS) is 11.6. The van der Waals surface area contributed by atoms with Gasteiger partial charge in [0, 0.05) is 32.4 Å². The predicted molar refractivity (Wildman–Crippen MR) is 106 cm³/mol. The summed E-state index contributed by atoms with van der Waals surface area (Å²) in [5, 5.41) is 6.42. The van der Waals surface area contributed by atoms with Crippen molar-refractivity contribution in [2.24, 2.45) is 4.99 Å². The van der Waals surface area contributed by atoms with Gasteiger partial charge in [-0.3, -0.25) is 0 Å². The molecule has 0 atom stereocenters. The Kier molecular flexibility index (Phi) is 13.3. The monoisotopic (exact) mass is 383 g/mol. The number of benzene rings is 1. The largest absolute Gasteiger partial charge is 0.380 e. The Labute approximate surface area is 162 Å². The van der Waals surface area contributed by atoms with Gasteiger partial charge < -0.3 is 24.8 Å². The first-order valence-corrected chi connectivity index (χ1v) is 9.65. The smallest absolute Gasteiger partial charge is 0.191 e. The van der Waals surface area contributed by atoms with Crippen molar-refractivity contribution in [1.82, 2.24) is 10.6 Å². The molecule has 0 saturated heterocycles. The van der Waals surface area contributed by atoms with E-state index in [0.29, 0.717) is 44.4 Å². The average Bonchev–Trinajstić information content (AvgIpc) is 2.67. The highest BCUT2D eigenvalue weighted by Crippen LogP contribution is 2.12. The summed E-state index contributed by atoms with van der Waals surface area (Å²) in [6, 6.07) is 4.98. The van der Waals surface area contributed by atoms with E-state index in [1.807, 2.05) is 6.92 Å². The lowest BCUT2D eigenvalue weighted by atomic mass is 10.1. The Hall–Kier alpha value is -1.70. The highest BCUT2D eigenvalue weighted by atomic mass is 19.1. The van der Waals surface area contributed by atoms with Crippen molar-refractivity contribution in [3.8, 4) is 0 Å². The number of methoxy groups -OCH3 is 1. The van der Waals surface area contributed by atoms with E-state index in [4.69, 9.17) is 14.2 Å². The molecule has 0 radical (unpaired) electrons. The van der Waals surface area contributed by atoms with Crippen molar-refractivity contribution in [1.29, 1.82) is 0 Å². The number of halogens is 1. The molecule has 27 heavy (non-hydrogen) atoms. The Morgan fingerprint density at radius 1 is 1.07 bits per heavy atom. The zero-order valence-electron chi connectivity index (χ0n) is 16.9. The molecule has 0 unspecified atom stereocenters. The van der Waals surface area contributed by atoms with Crippen molar-refractivity contribution in [3.63, 3.8) is 0 Å². The minimum Gasteiger partial charge on any atom is -0.380 e. The van der Waals surface area contributed by atoms with Crippen LogP contribution in [0.5, 0.6) is 0 Å². The fourth-order valence-electron chi connectivity index (χ4n) is 2.31. The molecule has 1 aromatic carbocycles. The molecular formula is C20H34FN3O3. The van der Waals surface area contributed by atoms with Crippen LogP contribution in [0.1, 0.15) is 37.8 Å². The van der Waals surface area contributed by atoms with Crippen LogP contribution in [0.2, 0.25) is 0 Å². The third-order valence-corrected chi connectivity index (χ3v) is 3.73. The second-order valence-electron chi connectivity index (χ2n) is 6.06. The van der Waals surface area contributed by atoms with E-state index in [9.17, 15) is 4.39 Å². The van der Waals surface area contributed by atoms with Crippen LogP contribution in [0.25, 0.3) is 0 Å². The zero-order chi connectivity index (χ0) is 19.7. The average molecular weight is 384 g/mol. The molecule has 154 valence electrons. The van der Waals surface area contributed by atoms with E-state index in [-0.39, 0.29) is 12.4 Å². The number of guanidine groups is 1. The molecule has 0 amide bonds. The molecule has 0 bridgehead atoms. The summed E-state index contributed by atoms with van der Waals surface area (Å²) < 4.78 is 29.7. The topological polar surface area (TPSA) is 64.1 Å². The second kappa shape index (κ2) is 15.4. The van der Waals surface area contributed by atoms with Gasteiger partial charge in [0.05, 0.1) is 33.0 Å². The van der Waals surface area contributed by atoms with E-state index < -0.39 is 0 Å². The number of nitrogens with one attached hydrogen (secondary N) is 2. The lowest BCUT2D eigenvalue weighted by Crippen LogP contribution is -2.39. The van der Waals surface area contributed by atoms with E-state index in [1.54, 1.807) is 19.2 Å². The molecule has 0 heterocycles. The summed E-state index contributed by atoms with van der Waals surface area (Å²) in [7, 11) is 1.55. The van der Waals surface area contributed by atoms with Gasteiger partial charge in [-0.25, -0.2) is 9.38 Å². The SMILES string of the molecule is CCCCOCCOCCNC(=NCc1ccc(F)c(COC)c1)NCC. The van der Waals surface area contributed by atoms with Gasteiger partial charge in [0.1, 0.15) is 5.82 Å². The summed E-state index contributed by atoms with van der Waals surface area (Å²) in [5.74, 6) is 0.448. The van der Waals surface area contributed by atoms with Crippen molar-refractivity contribution < 1.29 is 18.6 Å². The van der Waals surface area contributed by atoms with Crippen LogP contribution in [0.15, 0.2) is 23.2 Å². The van der Waals surface area contributed by atoms with Gasteiger partial charge in [0.15, 0.2) is 5.96 Å². The minimum atomic E-state index is -0.259. The maximum Gasteiger partial charge on any atom is 0.191 e. The maximum absolute atomic E-state index is 13.7. The molecule has 6 nitrogen and oxygen atoms in total. The molecule has 1 rings (SSSR count). The predicted octanol–water partition coefficient (Wildman–Crippen LogP) is 2.86. The van der Waals surface area contributed by atoms with Crippen LogP contribution in [0.3, 0.4) is 0 Å². The van der Waals surface area contributed by atoms with Crippen LogP contribution < -0.4 is 10.6 Å². The van der Waals surface area contributed by atoms with Crippen LogP contribution in [-0.2, 0) is 27.4 Å². The maximum atomic E-state index is 13.7. The Morgan fingerprint density at radius 2 is 1.85 bits per heavy atom. The molecule has 0 spiro atoms. The van der Waals surface area contributed by atoms with Crippen LogP contribution in [-0.4, -0.2) is 52.6 Å². The van der Waals surface area contributed by atoms with E-state index in [0.717, 1.165) is 31.6 Å². The number of unbranched alkanes of at least 4 members (excludes halogenated alkanes) is 1.